The van der Waals surface area contributed by atoms with Crippen molar-refractivity contribution in [2.45, 2.75) is 45.2 Å². The number of nitrogens with zero attached hydrogens (tertiary/aromatic N) is 1. The Hall–Kier alpha value is -1.55. The number of aryl methyl sites for hydroxylation is 1. The van der Waals surface area contributed by atoms with E-state index in [1.165, 1.54) is 12.8 Å². The zero-order valence-corrected chi connectivity index (χ0v) is 14.0. The highest BCUT2D eigenvalue weighted by Gasteiger charge is 2.48. The number of methoxy groups -OCH3 is 1. The van der Waals surface area contributed by atoms with Gasteiger partial charge in [0.2, 0.25) is 0 Å². The predicted molar refractivity (Wildman–Crippen MR) is 87.4 cm³/mol. The maximum Gasteiger partial charge on any atom is 0.251 e. The molecule has 3 heterocycles. The first-order chi connectivity index (χ1) is 10.4. The zero-order chi connectivity index (χ0) is 15.9. The van der Waals surface area contributed by atoms with Crippen molar-refractivity contribution in [1.29, 1.82) is 0 Å². The molecule has 4 rings (SSSR count). The van der Waals surface area contributed by atoms with Crippen LogP contribution in [-0.2, 0) is 0 Å². The highest BCUT2D eigenvalue weighted by atomic mass is 16.5. The number of ether oxygens (including phenoxy) is 1. The number of amides is 1. The van der Waals surface area contributed by atoms with Crippen molar-refractivity contribution >= 4 is 5.91 Å². The summed E-state index contributed by atoms with van der Waals surface area (Å²) in [5.74, 6) is 1.44. The SMILES string of the molecule is COc1ccc(C(=O)NC2C3CCN(CC3)C2(C)C)cc1C. The summed E-state index contributed by atoms with van der Waals surface area (Å²) < 4.78 is 5.26. The van der Waals surface area contributed by atoms with Crippen molar-refractivity contribution in [2.24, 2.45) is 5.92 Å². The number of carbonyl (C=O) groups is 1. The maximum atomic E-state index is 12.7. The van der Waals surface area contributed by atoms with Crippen molar-refractivity contribution in [2.75, 3.05) is 20.2 Å². The Kier molecular flexibility index (Phi) is 3.89. The van der Waals surface area contributed by atoms with E-state index in [-0.39, 0.29) is 17.5 Å². The fourth-order valence-electron chi connectivity index (χ4n) is 4.12. The summed E-state index contributed by atoms with van der Waals surface area (Å²) in [6.45, 7) is 8.79. The van der Waals surface area contributed by atoms with Gasteiger partial charge in [0.05, 0.1) is 7.11 Å². The smallest absolute Gasteiger partial charge is 0.251 e. The number of fused-ring (bicyclic) bond motifs is 3. The Balaban J connectivity index is 1.78. The van der Waals surface area contributed by atoms with Gasteiger partial charge in [-0.25, -0.2) is 0 Å². The summed E-state index contributed by atoms with van der Waals surface area (Å²) in [6, 6.07) is 5.84. The predicted octanol–water partition coefficient (Wildman–Crippen LogP) is 2.61. The molecule has 1 atom stereocenters. The third kappa shape index (κ3) is 2.50. The number of carbonyl (C=O) groups excluding carboxylic acids is 1. The highest BCUT2D eigenvalue weighted by molar-refractivity contribution is 5.94. The first kappa shape index (κ1) is 15.3. The Labute approximate surface area is 132 Å². The number of rotatable bonds is 3. The van der Waals surface area contributed by atoms with Gasteiger partial charge in [-0.05, 0) is 76.4 Å². The zero-order valence-electron chi connectivity index (χ0n) is 14.0. The van der Waals surface area contributed by atoms with E-state index in [2.05, 4.69) is 24.1 Å². The van der Waals surface area contributed by atoms with E-state index >= 15 is 0 Å². The highest BCUT2D eigenvalue weighted by Crippen LogP contribution is 2.39. The van der Waals surface area contributed by atoms with E-state index in [0.717, 1.165) is 24.4 Å². The normalized spacial score (nSPS) is 29.2. The molecule has 3 aliphatic heterocycles. The molecule has 3 fully saturated rings. The van der Waals surface area contributed by atoms with Gasteiger partial charge in [-0.2, -0.15) is 0 Å². The number of nitrogens with one attached hydrogen (secondary N) is 1. The average molecular weight is 302 g/mol. The molecule has 0 saturated carbocycles. The Morgan fingerprint density at radius 1 is 1.32 bits per heavy atom. The molecule has 1 amide bonds. The number of piperidine rings is 3. The number of hydrogen-bond acceptors (Lipinski definition) is 3. The maximum absolute atomic E-state index is 12.7. The second-order valence-electron chi connectivity index (χ2n) is 7.11. The van der Waals surface area contributed by atoms with Gasteiger partial charge >= 0.3 is 0 Å². The van der Waals surface area contributed by atoms with Crippen LogP contribution in [0.3, 0.4) is 0 Å². The van der Waals surface area contributed by atoms with Gasteiger partial charge < -0.3 is 10.1 Å². The molecule has 1 aromatic rings. The Bertz CT molecular complexity index is 574. The lowest BCUT2D eigenvalue weighted by Crippen LogP contribution is -2.69. The van der Waals surface area contributed by atoms with Crippen LogP contribution in [0.2, 0.25) is 0 Å². The van der Waals surface area contributed by atoms with Gasteiger partial charge in [-0.15, -0.1) is 0 Å². The van der Waals surface area contributed by atoms with Crippen molar-refractivity contribution in [3.8, 4) is 5.75 Å². The molecular weight excluding hydrogens is 276 g/mol. The molecule has 0 aromatic heterocycles. The summed E-state index contributed by atoms with van der Waals surface area (Å²) in [4.78, 5) is 15.2. The van der Waals surface area contributed by atoms with E-state index in [4.69, 9.17) is 4.74 Å². The third-order valence-electron chi connectivity index (χ3n) is 5.53. The van der Waals surface area contributed by atoms with Crippen LogP contribution in [0.5, 0.6) is 5.75 Å². The third-order valence-corrected chi connectivity index (χ3v) is 5.53. The molecule has 2 bridgehead atoms. The molecule has 4 heteroatoms. The van der Waals surface area contributed by atoms with Crippen LogP contribution in [0.1, 0.15) is 42.6 Å². The van der Waals surface area contributed by atoms with E-state index < -0.39 is 0 Å². The second kappa shape index (κ2) is 5.58. The van der Waals surface area contributed by atoms with Crippen molar-refractivity contribution in [3.63, 3.8) is 0 Å². The van der Waals surface area contributed by atoms with Gasteiger partial charge in [0.1, 0.15) is 5.75 Å². The minimum absolute atomic E-state index is 0.0255. The van der Waals surface area contributed by atoms with Crippen LogP contribution in [0.25, 0.3) is 0 Å². The van der Waals surface area contributed by atoms with Crippen LogP contribution >= 0.6 is 0 Å². The Morgan fingerprint density at radius 2 is 2.00 bits per heavy atom. The van der Waals surface area contributed by atoms with Gasteiger partial charge in [0, 0.05) is 17.1 Å². The van der Waals surface area contributed by atoms with Gasteiger partial charge in [0.15, 0.2) is 0 Å². The van der Waals surface area contributed by atoms with Crippen molar-refractivity contribution in [3.05, 3.63) is 29.3 Å². The van der Waals surface area contributed by atoms with E-state index in [9.17, 15) is 4.79 Å². The summed E-state index contributed by atoms with van der Waals surface area (Å²) in [6.07, 6.45) is 2.38. The van der Waals surface area contributed by atoms with E-state index in [1.807, 2.05) is 25.1 Å². The Morgan fingerprint density at radius 3 is 2.55 bits per heavy atom. The quantitative estimate of drug-likeness (QED) is 0.933. The van der Waals surface area contributed by atoms with Crippen LogP contribution in [-0.4, -0.2) is 42.6 Å². The largest absolute Gasteiger partial charge is 0.496 e. The van der Waals surface area contributed by atoms with Crippen molar-refractivity contribution in [1.82, 2.24) is 10.2 Å². The molecule has 1 aromatic carbocycles. The van der Waals surface area contributed by atoms with Gasteiger partial charge in [-0.3, -0.25) is 9.69 Å². The average Bonchev–Trinajstić information content (AvgIpc) is 2.51. The molecule has 22 heavy (non-hydrogen) atoms. The first-order valence-corrected chi connectivity index (χ1v) is 8.14. The number of benzene rings is 1. The summed E-state index contributed by atoms with van der Waals surface area (Å²) in [5, 5.41) is 3.30. The number of hydrogen-bond donors (Lipinski definition) is 1. The summed E-state index contributed by atoms with van der Waals surface area (Å²) >= 11 is 0. The molecule has 1 N–H and O–H groups in total. The van der Waals surface area contributed by atoms with Crippen LogP contribution in [0, 0.1) is 12.8 Å². The molecule has 0 radical (unpaired) electrons. The fraction of sp³-hybridized carbons (Fsp3) is 0.611. The van der Waals surface area contributed by atoms with E-state index in [1.54, 1.807) is 7.11 Å². The van der Waals surface area contributed by atoms with Crippen LogP contribution < -0.4 is 10.1 Å². The summed E-state index contributed by atoms with van der Waals surface area (Å²) in [7, 11) is 1.65. The molecule has 4 nitrogen and oxygen atoms in total. The molecule has 0 aliphatic carbocycles. The van der Waals surface area contributed by atoms with E-state index in [0.29, 0.717) is 11.5 Å². The summed E-state index contributed by atoms with van der Waals surface area (Å²) in [5.41, 5.74) is 1.74. The fourth-order valence-corrected chi connectivity index (χ4v) is 4.12. The van der Waals surface area contributed by atoms with Gasteiger partial charge in [0.25, 0.3) is 5.91 Å². The lowest BCUT2D eigenvalue weighted by molar-refractivity contribution is -0.0378. The second-order valence-corrected chi connectivity index (χ2v) is 7.11. The van der Waals surface area contributed by atoms with Crippen LogP contribution in [0.15, 0.2) is 18.2 Å². The lowest BCUT2D eigenvalue weighted by Gasteiger charge is -2.56. The minimum Gasteiger partial charge on any atom is -0.496 e. The molecule has 3 saturated heterocycles. The lowest BCUT2D eigenvalue weighted by atomic mass is 9.72. The first-order valence-electron chi connectivity index (χ1n) is 8.14. The minimum atomic E-state index is 0.0255. The van der Waals surface area contributed by atoms with Crippen LogP contribution in [0.4, 0.5) is 0 Å². The molecule has 3 aliphatic rings. The van der Waals surface area contributed by atoms with Crippen molar-refractivity contribution < 1.29 is 9.53 Å². The molecule has 120 valence electrons. The topological polar surface area (TPSA) is 41.6 Å². The monoisotopic (exact) mass is 302 g/mol. The van der Waals surface area contributed by atoms with Gasteiger partial charge in [-0.1, -0.05) is 0 Å². The molecule has 0 spiro atoms. The molecular formula is C18H26N2O2. The molecule has 1 unspecified atom stereocenters. The standard InChI is InChI=1S/C18H26N2O2/c1-12-11-14(5-6-15(12)22-4)17(21)19-16-13-7-9-20(10-8-13)18(16,2)3/h5-6,11,13,16H,7-10H2,1-4H3,(H,19,21).